The molecular formula is C14H15N5O2. The molecule has 2 fully saturated rings. The van der Waals surface area contributed by atoms with E-state index >= 15 is 0 Å². The molecule has 2 aliphatic heterocycles. The number of nitro benzene ring substituents is 1. The van der Waals surface area contributed by atoms with Crippen molar-refractivity contribution in [3.8, 4) is 0 Å². The van der Waals surface area contributed by atoms with Crippen molar-refractivity contribution in [1.29, 1.82) is 0 Å². The molecule has 21 heavy (non-hydrogen) atoms. The van der Waals surface area contributed by atoms with Crippen molar-refractivity contribution in [2.45, 2.75) is 12.5 Å². The van der Waals surface area contributed by atoms with Crippen LogP contribution in [0.2, 0.25) is 0 Å². The van der Waals surface area contributed by atoms with Crippen LogP contribution in [0.3, 0.4) is 0 Å². The first kappa shape index (κ1) is 12.5. The monoisotopic (exact) mass is 285 g/mol. The summed E-state index contributed by atoms with van der Waals surface area (Å²) in [5.41, 5.74) is 0.832. The molecule has 7 nitrogen and oxygen atoms in total. The molecule has 7 heteroatoms. The summed E-state index contributed by atoms with van der Waals surface area (Å²) in [6, 6.07) is 5.20. The third-order valence-electron chi connectivity index (χ3n) is 4.53. The Hall–Kier alpha value is -2.28. The number of non-ortho nitro benzene ring substituents is 1. The van der Waals surface area contributed by atoms with Crippen LogP contribution in [0.15, 0.2) is 24.5 Å². The Bertz CT molecular complexity index is 720. The highest BCUT2D eigenvalue weighted by molar-refractivity contribution is 5.91. The van der Waals surface area contributed by atoms with Crippen molar-refractivity contribution < 1.29 is 4.92 Å². The van der Waals surface area contributed by atoms with Crippen LogP contribution >= 0.6 is 0 Å². The molecule has 4 rings (SSSR count). The van der Waals surface area contributed by atoms with E-state index in [0.717, 1.165) is 42.8 Å². The summed E-state index contributed by atoms with van der Waals surface area (Å²) in [4.78, 5) is 21.5. The lowest BCUT2D eigenvalue weighted by atomic mass is 10.1. The van der Waals surface area contributed by atoms with Gasteiger partial charge in [-0.05, 0) is 18.4 Å². The Kier molecular flexibility index (Phi) is 2.75. The van der Waals surface area contributed by atoms with Crippen LogP contribution in [0, 0.1) is 16.0 Å². The van der Waals surface area contributed by atoms with E-state index in [1.807, 2.05) is 0 Å². The first-order valence-electron chi connectivity index (χ1n) is 7.10. The van der Waals surface area contributed by atoms with Crippen LogP contribution in [-0.4, -0.2) is 40.6 Å². The van der Waals surface area contributed by atoms with Gasteiger partial charge < -0.3 is 10.2 Å². The number of fused-ring (bicyclic) bond motifs is 2. The maximum absolute atomic E-state index is 11.0. The van der Waals surface area contributed by atoms with Crippen molar-refractivity contribution >= 4 is 22.4 Å². The number of nitro groups is 1. The van der Waals surface area contributed by atoms with Crippen molar-refractivity contribution in [3.63, 3.8) is 0 Å². The molecule has 108 valence electrons. The van der Waals surface area contributed by atoms with Crippen LogP contribution in [-0.2, 0) is 0 Å². The number of benzene rings is 1. The fraction of sp³-hybridized carbons (Fsp3) is 0.429. The maximum Gasteiger partial charge on any atom is 0.270 e. The molecule has 1 aromatic carbocycles. The third-order valence-corrected chi connectivity index (χ3v) is 4.53. The minimum Gasteiger partial charge on any atom is -0.351 e. The Morgan fingerprint density at radius 1 is 1.33 bits per heavy atom. The molecule has 2 aliphatic rings. The molecule has 2 atom stereocenters. The lowest BCUT2D eigenvalue weighted by molar-refractivity contribution is -0.384. The number of rotatable bonds is 2. The molecule has 1 aromatic heterocycles. The van der Waals surface area contributed by atoms with E-state index in [9.17, 15) is 10.1 Å². The van der Waals surface area contributed by atoms with Gasteiger partial charge in [-0.25, -0.2) is 9.97 Å². The molecule has 0 unspecified atom stereocenters. The Balaban J connectivity index is 1.84. The fourth-order valence-corrected chi connectivity index (χ4v) is 3.49. The molecule has 0 bridgehead atoms. The van der Waals surface area contributed by atoms with Gasteiger partial charge in [0.15, 0.2) is 0 Å². The van der Waals surface area contributed by atoms with Gasteiger partial charge in [0.05, 0.1) is 10.4 Å². The predicted octanol–water partition coefficient (Wildman–Crippen LogP) is 1.34. The predicted molar refractivity (Wildman–Crippen MR) is 78.3 cm³/mol. The molecule has 1 N–H and O–H groups in total. The second-order valence-corrected chi connectivity index (χ2v) is 5.62. The van der Waals surface area contributed by atoms with Gasteiger partial charge in [-0.3, -0.25) is 10.1 Å². The Morgan fingerprint density at radius 3 is 3.10 bits per heavy atom. The van der Waals surface area contributed by atoms with Crippen LogP contribution in [0.4, 0.5) is 11.5 Å². The minimum absolute atomic E-state index is 0.0823. The van der Waals surface area contributed by atoms with Gasteiger partial charge in [-0.1, -0.05) is 0 Å². The van der Waals surface area contributed by atoms with Crippen LogP contribution < -0.4 is 10.2 Å². The number of aromatic nitrogens is 2. The van der Waals surface area contributed by atoms with E-state index < -0.39 is 0 Å². The standard InChI is InChI=1S/C14H15N5O2/c20-19(21)10-1-2-12-11(5-10)14(17-8-16-12)18-4-3-9-6-15-7-13(9)18/h1-2,5,8-9,13,15H,3-4,6-7H2/t9-,13+/m0/s1. The van der Waals surface area contributed by atoms with Crippen LogP contribution in [0.25, 0.3) is 10.9 Å². The number of anilines is 1. The first-order valence-corrected chi connectivity index (χ1v) is 7.10. The molecular weight excluding hydrogens is 270 g/mol. The smallest absolute Gasteiger partial charge is 0.270 e. The van der Waals surface area contributed by atoms with Gasteiger partial charge >= 0.3 is 0 Å². The average molecular weight is 285 g/mol. The van der Waals surface area contributed by atoms with Crippen molar-refractivity contribution in [3.05, 3.63) is 34.6 Å². The number of hydrogen-bond donors (Lipinski definition) is 1. The van der Waals surface area contributed by atoms with Gasteiger partial charge in [-0.15, -0.1) is 0 Å². The average Bonchev–Trinajstić information content (AvgIpc) is 3.09. The van der Waals surface area contributed by atoms with Gasteiger partial charge in [0.1, 0.15) is 12.1 Å². The first-order chi connectivity index (χ1) is 10.2. The molecule has 0 radical (unpaired) electrons. The topological polar surface area (TPSA) is 84.2 Å². The lowest BCUT2D eigenvalue weighted by Gasteiger charge is -2.25. The maximum atomic E-state index is 11.0. The van der Waals surface area contributed by atoms with Gasteiger partial charge in [0.25, 0.3) is 5.69 Å². The number of hydrogen-bond acceptors (Lipinski definition) is 6. The Labute approximate surface area is 121 Å². The van der Waals surface area contributed by atoms with Crippen LogP contribution in [0.5, 0.6) is 0 Å². The third kappa shape index (κ3) is 1.92. The molecule has 3 heterocycles. The Morgan fingerprint density at radius 2 is 2.24 bits per heavy atom. The van der Waals surface area contributed by atoms with Crippen molar-refractivity contribution in [1.82, 2.24) is 15.3 Å². The fourth-order valence-electron chi connectivity index (χ4n) is 3.49. The van der Waals surface area contributed by atoms with E-state index in [4.69, 9.17) is 0 Å². The highest BCUT2D eigenvalue weighted by atomic mass is 16.6. The van der Waals surface area contributed by atoms with Gasteiger partial charge in [0, 0.05) is 43.2 Å². The highest BCUT2D eigenvalue weighted by Gasteiger charge is 2.38. The van der Waals surface area contributed by atoms with E-state index in [0.29, 0.717) is 12.0 Å². The van der Waals surface area contributed by atoms with Gasteiger partial charge in [0.2, 0.25) is 0 Å². The molecule has 2 aromatic rings. The number of nitrogens with one attached hydrogen (secondary N) is 1. The summed E-state index contributed by atoms with van der Waals surface area (Å²) in [5, 5.41) is 15.2. The molecule has 0 aliphatic carbocycles. The SMILES string of the molecule is O=[N+]([O-])c1ccc2ncnc(N3CC[C@H]4CNC[C@H]43)c2c1. The normalized spacial score (nSPS) is 24.5. The zero-order chi connectivity index (χ0) is 14.4. The summed E-state index contributed by atoms with van der Waals surface area (Å²) in [5.74, 6) is 1.47. The summed E-state index contributed by atoms with van der Waals surface area (Å²) < 4.78 is 0. The van der Waals surface area contributed by atoms with E-state index in [-0.39, 0.29) is 10.6 Å². The molecule has 2 saturated heterocycles. The van der Waals surface area contributed by atoms with Gasteiger partial charge in [-0.2, -0.15) is 0 Å². The second-order valence-electron chi connectivity index (χ2n) is 5.62. The lowest BCUT2D eigenvalue weighted by Crippen LogP contribution is -2.34. The highest BCUT2D eigenvalue weighted by Crippen LogP contribution is 2.35. The molecule has 0 spiro atoms. The second kappa shape index (κ2) is 4.63. The van der Waals surface area contributed by atoms with E-state index in [1.165, 1.54) is 6.07 Å². The zero-order valence-corrected chi connectivity index (χ0v) is 11.4. The summed E-state index contributed by atoms with van der Waals surface area (Å²) in [6.45, 7) is 2.95. The quantitative estimate of drug-likeness (QED) is 0.662. The van der Waals surface area contributed by atoms with Crippen molar-refractivity contribution in [2.24, 2.45) is 5.92 Å². The van der Waals surface area contributed by atoms with Crippen LogP contribution in [0.1, 0.15) is 6.42 Å². The van der Waals surface area contributed by atoms with E-state index in [1.54, 1.807) is 18.5 Å². The summed E-state index contributed by atoms with van der Waals surface area (Å²) >= 11 is 0. The summed E-state index contributed by atoms with van der Waals surface area (Å²) in [6.07, 6.45) is 2.68. The number of nitrogens with zero attached hydrogens (tertiary/aromatic N) is 4. The summed E-state index contributed by atoms with van der Waals surface area (Å²) in [7, 11) is 0. The zero-order valence-electron chi connectivity index (χ0n) is 11.4. The largest absolute Gasteiger partial charge is 0.351 e. The van der Waals surface area contributed by atoms with E-state index in [2.05, 4.69) is 20.2 Å². The minimum atomic E-state index is -0.375. The molecule has 0 saturated carbocycles. The van der Waals surface area contributed by atoms with Crippen molar-refractivity contribution in [2.75, 3.05) is 24.5 Å². The molecule has 0 amide bonds.